The van der Waals surface area contributed by atoms with Gasteiger partial charge < -0.3 is 4.90 Å². The van der Waals surface area contributed by atoms with Crippen molar-refractivity contribution < 1.29 is 4.79 Å². The third kappa shape index (κ3) is 6.35. The summed E-state index contributed by atoms with van der Waals surface area (Å²) >= 11 is 2.00. The Hall–Kier alpha value is -0.180. The molecule has 17 heavy (non-hydrogen) atoms. The Balaban J connectivity index is 1.99. The summed E-state index contributed by atoms with van der Waals surface area (Å²) in [6, 6.07) is 0.516. The summed E-state index contributed by atoms with van der Waals surface area (Å²) < 4.78 is 0. The molecule has 0 saturated carbocycles. The molecular weight excluding hydrogens is 230 g/mol. The molecule has 1 saturated heterocycles. The zero-order valence-corrected chi connectivity index (χ0v) is 12.0. The molecule has 1 rings (SSSR count). The molecule has 1 fully saturated rings. The van der Waals surface area contributed by atoms with E-state index in [-0.39, 0.29) is 0 Å². The number of nitrogens with zero attached hydrogens (tertiary/aromatic N) is 1. The zero-order valence-electron chi connectivity index (χ0n) is 11.2. The monoisotopic (exact) mass is 257 g/mol. The van der Waals surface area contributed by atoms with Gasteiger partial charge in [-0.25, -0.2) is 0 Å². The molecule has 1 aliphatic rings. The van der Waals surface area contributed by atoms with E-state index in [9.17, 15) is 4.79 Å². The van der Waals surface area contributed by atoms with Crippen LogP contribution in [-0.2, 0) is 4.79 Å². The van der Waals surface area contributed by atoms with Gasteiger partial charge >= 0.3 is 0 Å². The predicted octanol–water partition coefficient (Wildman–Crippen LogP) is 3.70. The van der Waals surface area contributed by atoms with E-state index in [0.29, 0.717) is 6.04 Å². The van der Waals surface area contributed by atoms with Gasteiger partial charge in [0.05, 0.1) is 0 Å². The first-order valence-electron chi connectivity index (χ1n) is 7.17. The standard InChI is InChI=1S/C14H27NOS/c1-2-3-4-5-6-7-8-9-14-12-17-11-10-15(14)13-16/h13-14H,2-12H2,1H3. The van der Waals surface area contributed by atoms with E-state index < -0.39 is 0 Å². The van der Waals surface area contributed by atoms with Crippen LogP contribution in [0.15, 0.2) is 0 Å². The zero-order chi connectivity index (χ0) is 12.3. The summed E-state index contributed by atoms with van der Waals surface area (Å²) in [5.41, 5.74) is 0. The van der Waals surface area contributed by atoms with Crippen LogP contribution in [0.5, 0.6) is 0 Å². The van der Waals surface area contributed by atoms with Crippen LogP contribution in [0.4, 0.5) is 0 Å². The van der Waals surface area contributed by atoms with Crippen molar-refractivity contribution in [1.29, 1.82) is 0 Å². The van der Waals surface area contributed by atoms with E-state index in [1.807, 2.05) is 16.7 Å². The summed E-state index contributed by atoms with van der Waals surface area (Å²) in [5.74, 6) is 2.26. The van der Waals surface area contributed by atoms with Crippen molar-refractivity contribution in [2.45, 2.75) is 64.3 Å². The normalized spacial score (nSPS) is 20.5. The van der Waals surface area contributed by atoms with Crippen molar-refractivity contribution in [2.75, 3.05) is 18.1 Å². The van der Waals surface area contributed by atoms with Gasteiger partial charge in [0.15, 0.2) is 0 Å². The Kier molecular flexibility index (Phi) is 8.59. The average Bonchev–Trinajstić information content (AvgIpc) is 2.38. The van der Waals surface area contributed by atoms with Crippen molar-refractivity contribution in [3.8, 4) is 0 Å². The predicted molar refractivity (Wildman–Crippen MR) is 76.5 cm³/mol. The summed E-state index contributed by atoms with van der Waals surface area (Å²) in [4.78, 5) is 12.9. The molecule has 0 aromatic carbocycles. The Morgan fingerprint density at radius 2 is 1.88 bits per heavy atom. The largest absolute Gasteiger partial charge is 0.341 e. The van der Waals surface area contributed by atoms with Crippen LogP contribution in [0, 0.1) is 0 Å². The fourth-order valence-electron chi connectivity index (χ4n) is 2.39. The highest BCUT2D eigenvalue weighted by atomic mass is 32.2. The van der Waals surface area contributed by atoms with Crippen molar-refractivity contribution in [3.63, 3.8) is 0 Å². The SMILES string of the molecule is CCCCCCCCCC1CSCCN1C=O. The van der Waals surface area contributed by atoms with Gasteiger partial charge in [-0.3, -0.25) is 4.79 Å². The molecule has 1 heterocycles. The van der Waals surface area contributed by atoms with Crippen LogP contribution in [0.1, 0.15) is 58.3 Å². The number of carbonyl (C=O) groups is 1. The summed E-state index contributed by atoms with van der Waals surface area (Å²) in [6.45, 7) is 3.21. The second-order valence-electron chi connectivity index (χ2n) is 4.98. The van der Waals surface area contributed by atoms with Gasteiger partial charge in [0.25, 0.3) is 0 Å². The van der Waals surface area contributed by atoms with E-state index >= 15 is 0 Å². The van der Waals surface area contributed by atoms with Crippen LogP contribution in [0.2, 0.25) is 0 Å². The fourth-order valence-corrected chi connectivity index (χ4v) is 3.53. The van der Waals surface area contributed by atoms with E-state index in [1.165, 1.54) is 51.4 Å². The number of unbranched alkanes of at least 4 members (excludes halogenated alkanes) is 6. The first-order valence-corrected chi connectivity index (χ1v) is 8.32. The Morgan fingerprint density at radius 3 is 2.59 bits per heavy atom. The van der Waals surface area contributed by atoms with Crippen LogP contribution in [0.25, 0.3) is 0 Å². The molecule has 3 heteroatoms. The molecule has 0 N–H and O–H groups in total. The smallest absolute Gasteiger partial charge is 0.210 e. The maximum absolute atomic E-state index is 10.9. The number of amides is 1. The van der Waals surface area contributed by atoms with Crippen molar-refractivity contribution in [3.05, 3.63) is 0 Å². The topological polar surface area (TPSA) is 20.3 Å². The fraction of sp³-hybridized carbons (Fsp3) is 0.929. The average molecular weight is 257 g/mol. The molecule has 0 aromatic heterocycles. The molecule has 0 aliphatic carbocycles. The second kappa shape index (κ2) is 9.81. The highest BCUT2D eigenvalue weighted by Crippen LogP contribution is 2.20. The number of hydrogen-bond acceptors (Lipinski definition) is 2. The highest BCUT2D eigenvalue weighted by Gasteiger charge is 2.20. The van der Waals surface area contributed by atoms with Crippen LogP contribution >= 0.6 is 11.8 Å². The van der Waals surface area contributed by atoms with Crippen LogP contribution < -0.4 is 0 Å². The number of thioether (sulfide) groups is 1. The minimum atomic E-state index is 0.516. The lowest BCUT2D eigenvalue weighted by atomic mass is 10.1. The van der Waals surface area contributed by atoms with Gasteiger partial charge in [-0.15, -0.1) is 0 Å². The molecule has 100 valence electrons. The number of carbonyl (C=O) groups excluding carboxylic acids is 1. The van der Waals surface area contributed by atoms with Gasteiger partial charge in [0, 0.05) is 24.1 Å². The van der Waals surface area contributed by atoms with Crippen LogP contribution in [0.3, 0.4) is 0 Å². The quantitative estimate of drug-likeness (QED) is 0.464. The molecule has 1 unspecified atom stereocenters. The molecular formula is C14H27NOS. The number of hydrogen-bond donors (Lipinski definition) is 0. The third-order valence-electron chi connectivity index (χ3n) is 3.55. The van der Waals surface area contributed by atoms with E-state index in [2.05, 4.69) is 6.92 Å². The summed E-state index contributed by atoms with van der Waals surface area (Å²) in [5, 5.41) is 0. The van der Waals surface area contributed by atoms with E-state index in [4.69, 9.17) is 0 Å². The molecule has 0 aromatic rings. The lowest BCUT2D eigenvalue weighted by Gasteiger charge is -2.32. The van der Waals surface area contributed by atoms with E-state index in [0.717, 1.165) is 24.5 Å². The lowest BCUT2D eigenvalue weighted by molar-refractivity contribution is -0.119. The molecule has 0 radical (unpaired) electrons. The Labute approximate surface area is 111 Å². The minimum absolute atomic E-state index is 0.516. The molecule has 0 spiro atoms. The maximum Gasteiger partial charge on any atom is 0.210 e. The van der Waals surface area contributed by atoms with Crippen molar-refractivity contribution in [1.82, 2.24) is 4.90 Å². The second-order valence-corrected chi connectivity index (χ2v) is 6.13. The Bertz CT molecular complexity index is 199. The molecule has 0 bridgehead atoms. The van der Waals surface area contributed by atoms with Gasteiger partial charge in [-0.1, -0.05) is 51.9 Å². The van der Waals surface area contributed by atoms with Crippen LogP contribution in [-0.4, -0.2) is 35.4 Å². The maximum atomic E-state index is 10.9. The molecule has 1 atom stereocenters. The van der Waals surface area contributed by atoms with Crippen molar-refractivity contribution >= 4 is 18.2 Å². The number of rotatable bonds is 9. The summed E-state index contributed by atoms with van der Waals surface area (Å²) in [7, 11) is 0. The van der Waals surface area contributed by atoms with Gasteiger partial charge in [0.2, 0.25) is 6.41 Å². The van der Waals surface area contributed by atoms with Gasteiger partial charge in [-0.05, 0) is 6.42 Å². The first kappa shape index (κ1) is 14.9. The van der Waals surface area contributed by atoms with E-state index in [1.54, 1.807) is 0 Å². The lowest BCUT2D eigenvalue weighted by Crippen LogP contribution is -2.41. The van der Waals surface area contributed by atoms with Gasteiger partial charge in [-0.2, -0.15) is 11.8 Å². The third-order valence-corrected chi connectivity index (χ3v) is 4.64. The summed E-state index contributed by atoms with van der Waals surface area (Å²) in [6.07, 6.45) is 11.8. The van der Waals surface area contributed by atoms with Gasteiger partial charge in [0.1, 0.15) is 0 Å². The Morgan fingerprint density at radius 1 is 1.18 bits per heavy atom. The highest BCUT2D eigenvalue weighted by molar-refractivity contribution is 7.99. The molecule has 2 nitrogen and oxygen atoms in total. The molecule has 1 amide bonds. The van der Waals surface area contributed by atoms with Crippen molar-refractivity contribution in [2.24, 2.45) is 0 Å². The minimum Gasteiger partial charge on any atom is -0.341 e. The first-order chi connectivity index (χ1) is 8.38. The molecule has 1 aliphatic heterocycles.